The number of likely N-dealkylation sites (N-methyl/N-ethyl adjacent to an activating group) is 1. The smallest absolute Gasteiger partial charge is 0.321 e. The van der Waals surface area contributed by atoms with Crippen LogP contribution in [0, 0.1) is 5.82 Å². The van der Waals surface area contributed by atoms with Crippen molar-refractivity contribution in [2.24, 2.45) is 0 Å². The third kappa shape index (κ3) is 5.85. The molecule has 2 aromatic rings. The SMILES string of the molecule is CCN(CC(=O)NC(=O)NCc1ccco1)Cc1cccc(F)c1. The van der Waals surface area contributed by atoms with Crippen LogP contribution in [0.25, 0.3) is 0 Å². The zero-order valence-corrected chi connectivity index (χ0v) is 13.4. The first-order valence-corrected chi connectivity index (χ1v) is 7.63. The maximum atomic E-state index is 13.2. The van der Waals surface area contributed by atoms with Gasteiger partial charge in [0.2, 0.25) is 5.91 Å². The second-order valence-electron chi connectivity index (χ2n) is 5.24. The van der Waals surface area contributed by atoms with Crippen molar-refractivity contribution in [2.75, 3.05) is 13.1 Å². The summed E-state index contributed by atoms with van der Waals surface area (Å²) in [4.78, 5) is 25.4. The molecule has 24 heavy (non-hydrogen) atoms. The molecule has 0 aliphatic rings. The Morgan fingerprint density at radius 1 is 1.25 bits per heavy atom. The predicted octanol–water partition coefficient (Wildman–Crippen LogP) is 2.27. The number of rotatable bonds is 7. The first kappa shape index (κ1) is 17.7. The molecule has 1 heterocycles. The van der Waals surface area contributed by atoms with Crippen LogP contribution in [0.2, 0.25) is 0 Å². The fourth-order valence-electron chi connectivity index (χ4n) is 2.17. The van der Waals surface area contributed by atoms with E-state index < -0.39 is 11.9 Å². The van der Waals surface area contributed by atoms with Gasteiger partial charge in [0.15, 0.2) is 0 Å². The van der Waals surface area contributed by atoms with Gasteiger partial charge in [-0.2, -0.15) is 0 Å². The van der Waals surface area contributed by atoms with E-state index in [1.807, 2.05) is 11.8 Å². The van der Waals surface area contributed by atoms with E-state index in [-0.39, 0.29) is 18.9 Å². The van der Waals surface area contributed by atoms with Crippen molar-refractivity contribution in [3.05, 3.63) is 59.8 Å². The van der Waals surface area contributed by atoms with Crippen LogP contribution in [0.1, 0.15) is 18.2 Å². The van der Waals surface area contributed by atoms with Crippen LogP contribution in [0.3, 0.4) is 0 Å². The molecule has 0 unspecified atom stereocenters. The van der Waals surface area contributed by atoms with Gasteiger partial charge in [-0.15, -0.1) is 0 Å². The maximum Gasteiger partial charge on any atom is 0.321 e. The third-order valence-electron chi connectivity index (χ3n) is 3.37. The van der Waals surface area contributed by atoms with E-state index in [2.05, 4.69) is 10.6 Å². The highest BCUT2D eigenvalue weighted by molar-refractivity contribution is 5.95. The molecule has 1 aromatic carbocycles. The number of furan rings is 1. The highest BCUT2D eigenvalue weighted by Gasteiger charge is 2.13. The zero-order valence-electron chi connectivity index (χ0n) is 13.4. The lowest BCUT2D eigenvalue weighted by atomic mass is 10.2. The van der Waals surface area contributed by atoms with Gasteiger partial charge in [0.25, 0.3) is 0 Å². The summed E-state index contributed by atoms with van der Waals surface area (Å²) >= 11 is 0. The van der Waals surface area contributed by atoms with E-state index in [0.29, 0.717) is 18.8 Å². The number of urea groups is 1. The number of benzene rings is 1. The van der Waals surface area contributed by atoms with Crippen molar-refractivity contribution in [3.63, 3.8) is 0 Å². The van der Waals surface area contributed by atoms with Crippen LogP contribution in [0.4, 0.5) is 9.18 Å². The summed E-state index contributed by atoms with van der Waals surface area (Å²) in [7, 11) is 0. The summed E-state index contributed by atoms with van der Waals surface area (Å²) in [6.45, 7) is 3.16. The number of nitrogens with zero attached hydrogens (tertiary/aromatic N) is 1. The Kier molecular flexibility index (Phi) is 6.51. The molecule has 0 aliphatic carbocycles. The molecule has 0 saturated heterocycles. The van der Waals surface area contributed by atoms with Gasteiger partial charge in [0, 0.05) is 6.54 Å². The molecule has 0 aliphatic heterocycles. The molecule has 2 rings (SSSR count). The first-order valence-electron chi connectivity index (χ1n) is 7.63. The van der Waals surface area contributed by atoms with Crippen LogP contribution in [-0.4, -0.2) is 29.9 Å². The fraction of sp³-hybridized carbons (Fsp3) is 0.294. The van der Waals surface area contributed by atoms with Crippen molar-refractivity contribution in [3.8, 4) is 0 Å². The number of hydrogen-bond donors (Lipinski definition) is 2. The highest BCUT2D eigenvalue weighted by Crippen LogP contribution is 2.07. The number of imide groups is 1. The van der Waals surface area contributed by atoms with Gasteiger partial charge >= 0.3 is 6.03 Å². The zero-order chi connectivity index (χ0) is 17.4. The monoisotopic (exact) mass is 333 g/mol. The molecular weight excluding hydrogens is 313 g/mol. The molecule has 0 saturated carbocycles. The van der Waals surface area contributed by atoms with Crippen molar-refractivity contribution < 1.29 is 18.4 Å². The first-order chi connectivity index (χ1) is 11.6. The Bertz CT molecular complexity index is 673. The second kappa shape index (κ2) is 8.83. The Balaban J connectivity index is 1.77. The molecule has 1 aromatic heterocycles. The number of carbonyl (C=O) groups is 2. The Morgan fingerprint density at radius 2 is 2.08 bits per heavy atom. The molecular formula is C17H20FN3O3. The lowest BCUT2D eigenvalue weighted by Gasteiger charge is -2.19. The predicted molar refractivity (Wildman–Crippen MR) is 86.4 cm³/mol. The summed E-state index contributed by atoms with van der Waals surface area (Å²) in [5.41, 5.74) is 0.770. The molecule has 0 fully saturated rings. The molecule has 0 atom stereocenters. The van der Waals surface area contributed by atoms with Gasteiger partial charge in [0.1, 0.15) is 11.6 Å². The normalized spacial score (nSPS) is 10.6. The Hall–Kier alpha value is -2.67. The van der Waals surface area contributed by atoms with E-state index in [9.17, 15) is 14.0 Å². The lowest BCUT2D eigenvalue weighted by molar-refractivity contribution is -0.121. The molecule has 0 bridgehead atoms. The van der Waals surface area contributed by atoms with Gasteiger partial charge in [-0.3, -0.25) is 15.0 Å². The van der Waals surface area contributed by atoms with Crippen LogP contribution < -0.4 is 10.6 Å². The van der Waals surface area contributed by atoms with E-state index in [0.717, 1.165) is 5.56 Å². The number of amides is 3. The van der Waals surface area contributed by atoms with Crippen LogP contribution in [-0.2, 0) is 17.9 Å². The van der Waals surface area contributed by atoms with Crippen molar-refractivity contribution in [1.29, 1.82) is 0 Å². The number of nitrogens with one attached hydrogen (secondary N) is 2. The number of hydrogen-bond acceptors (Lipinski definition) is 4. The summed E-state index contributed by atoms with van der Waals surface area (Å²) < 4.78 is 18.3. The number of carbonyl (C=O) groups excluding carboxylic acids is 2. The topological polar surface area (TPSA) is 74.6 Å². The molecule has 7 heteroatoms. The lowest BCUT2D eigenvalue weighted by Crippen LogP contribution is -2.44. The largest absolute Gasteiger partial charge is 0.467 e. The maximum absolute atomic E-state index is 13.2. The molecule has 3 amide bonds. The molecule has 6 nitrogen and oxygen atoms in total. The quantitative estimate of drug-likeness (QED) is 0.815. The fourth-order valence-corrected chi connectivity index (χ4v) is 2.17. The Labute approximate surface area is 139 Å². The van der Waals surface area contributed by atoms with Gasteiger partial charge in [0.05, 0.1) is 19.4 Å². The number of halogens is 1. The highest BCUT2D eigenvalue weighted by atomic mass is 19.1. The standard InChI is InChI=1S/C17H20FN3O3/c1-2-21(11-13-5-3-6-14(18)9-13)12-16(22)20-17(23)19-10-15-7-4-8-24-15/h3-9H,2,10-12H2,1H3,(H2,19,20,22,23). The van der Waals surface area contributed by atoms with E-state index in [1.165, 1.54) is 18.4 Å². The van der Waals surface area contributed by atoms with Gasteiger partial charge < -0.3 is 9.73 Å². The van der Waals surface area contributed by atoms with Gasteiger partial charge in [-0.25, -0.2) is 9.18 Å². The van der Waals surface area contributed by atoms with E-state index in [4.69, 9.17) is 4.42 Å². The van der Waals surface area contributed by atoms with E-state index >= 15 is 0 Å². The van der Waals surface area contributed by atoms with Crippen molar-refractivity contribution in [2.45, 2.75) is 20.0 Å². The molecule has 2 N–H and O–H groups in total. The average molecular weight is 333 g/mol. The second-order valence-corrected chi connectivity index (χ2v) is 5.24. The minimum atomic E-state index is -0.585. The van der Waals surface area contributed by atoms with Crippen LogP contribution >= 0.6 is 0 Å². The van der Waals surface area contributed by atoms with Crippen molar-refractivity contribution in [1.82, 2.24) is 15.5 Å². The van der Waals surface area contributed by atoms with E-state index in [1.54, 1.807) is 24.3 Å². The summed E-state index contributed by atoms with van der Waals surface area (Å²) in [5, 5.41) is 4.79. The molecule has 0 radical (unpaired) electrons. The molecule has 0 spiro atoms. The third-order valence-corrected chi connectivity index (χ3v) is 3.37. The summed E-state index contributed by atoms with van der Waals surface area (Å²) in [6.07, 6.45) is 1.51. The molecule has 128 valence electrons. The minimum absolute atomic E-state index is 0.0428. The van der Waals surface area contributed by atoms with Crippen LogP contribution in [0.15, 0.2) is 47.1 Å². The van der Waals surface area contributed by atoms with Gasteiger partial charge in [-0.05, 0) is 36.4 Å². The summed E-state index contributed by atoms with van der Waals surface area (Å²) in [6, 6.07) is 9.07. The summed E-state index contributed by atoms with van der Waals surface area (Å²) in [5.74, 6) is -0.144. The Morgan fingerprint density at radius 3 is 2.75 bits per heavy atom. The van der Waals surface area contributed by atoms with Crippen molar-refractivity contribution >= 4 is 11.9 Å². The average Bonchev–Trinajstić information content (AvgIpc) is 3.05. The van der Waals surface area contributed by atoms with Gasteiger partial charge in [-0.1, -0.05) is 19.1 Å². The minimum Gasteiger partial charge on any atom is -0.467 e. The van der Waals surface area contributed by atoms with Crippen LogP contribution in [0.5, 0.6) is 0 Å².